The van der Waals surface area contributed by atoms with E-state index in [9.17, 15) is 0 Å². The molecule has 1 heterocycles. The van der Waals surface area contributed by atoms with Gasteiger partial charge >= 0.3 is 0 Å². The van der Waals surface area contributed by atoms with Crippen LogP contribution < -0.4 is 5.32 Å². The highest BCUT2D eigenvalue weighted by Crippen LogP contribution is 2.42. The molecule has 1 atom stereocenters. The number of aromatic nitrogens is 1. The van der Waals surface area contributed by atoms with Crippen molar-refractivity contribution in [2.24, 2.45) is 5.92 Å². The van der Waals surface area contributed by atoms with E-state index in [1.807, 2.05) is 6.20 Å². The summed E-state index contributed by atoms with van der Waals surface area (Å²) in [5, 5.41) is 3.39. The predicted molar refractivity (Wildman–Crippen MR) is 69.1 cm³/mol. The predicted octanol–water partition coefficient (Wildman–Crippen LogP) is 3.12. The summed E-state index contributed by atoms with van der Waals surface area (Å²) in [5.74, 6) is 3.41. The topological polar surface area (TPSA) is 38.1 Å². The smallest absolute Gasteiger partial charge is 0.194 e. The first-order chi connectivity index (χ1) is 8.31. The summed E-state index contributed by atoms with van der Waals surface area (Å²) >= 11 is 0. The first-order valence-electron chi connectivity index (χ1n) is 6.96. The molecule has 0 spiro atoms. The lowest BCUT2D eigenvalue weighted by molar-refractivity contribution is 0.411. The Balaban J connectivity index is 1.70. The van der Waals surface area contributed by atoms with Crippen LogP contribution in [0.4, 0.5) is 0 Å². The third-order valence-electron chi connectivity index (χ3n) is 3.52. The van der Waals surface area contributed by atoms with Crippen molar-refractivity contribution in [2.75, 3.05) is 13.1 Å². The molecule has 0 radical (unpaired) electrons. The molecular formula is C14H24N2O. The van der Waals surface area contributed by atoms with E-state index in [0.29, 0.717) is 5.92 Å². The summed E-state index contributed by atoms with van der Waals surface area (Å²) in [6.45, 7) is 6.61. The van der Waals surface area contributed by atoms with Crippen molar-refractivity contribution in [1.82, 2.24) is 10.3 Å². The SMILES string of the molecule is CCCNCCCc1ncc(C(C)C2CC2)o1. The highest BCUT2D eigenvalue weighted by atomic mass is 16.4. The summed E-state index contributed by atoms with van der Waals surface area (Å²) < 4.78 is 5.81. The van der Waals surface area contributed by atoms with Gasteiger partial charge in [0.05, 0.1) is 6.20 Å². The van der Waals surface area contributed by atoms with E-state index in [4.69, 9.17) is 4.42 Å². The van der Waals surface area contributed by atoms with Crippen LogP contribution in [0, 0.1) is 5.92 Å². The first kappa shape index (κ1) is 12.6. The molecule has 96 valence electrons. The van der Waals surface area contributed by atoms with Crippen molar-refractivity contribution >= 4 is 0 Å². The molecule has 0 aliphatic heterocycles. The van der Waals surface area contributed by atoms with Crippen LogP contribution in [0.1, 0.15) is 57.1 Å². The number of oxazole rings is 1. The standard InChI is InChI=1S/C14H24N2O/c1-3-8-15-9-4-5-14-16-10-13(17-14)11(2)12-6-7-12/h10-12,15H,3-9H2,1-2H3. The maximum atomic E-state index is 5.81. The minimum atomic E-state index is 0.564. The van der Waals surface area contributed by atoms with Crippen molar-refractivity contribution < 1.29 is 4.42 Å². The van der Waals surface area contributed by atoms with E-state index in [2.05, 4.69) is 24.1 Å². The normalized spacial score (nSPS) is 17.3. The van der Waals surface area contributed by atoms with E-state index >= 15 is 0 Å². The lowest BCUT2D eigenvalue weighted by Crippen LogP contribution is -2.16. The number of rotatable bonds is 8. The molecule has 1 aromatic heterocycles. The van der Waals surface area contributed by atoms with Gasteiger partial charge in [0, 0.05) is 12.3 Å². The highest BCUT2D eigenvalue weighted by molar-refractivity contribution is 5.05. The second kappa shape index (κ2) is 6.20. The van der Waals surface area contributed by atoms with Crippen LogP contribution in [0.2, 0.25) is 0 Å². The third-order valence-corrected chi connectivity index (χ3v) is 3.52. The van der Waals surface area contributed by atoms with Crippen LogP contribution in [0.15, 0.2) is 10.6 Å². The van der Waals surface area contributed by atoms with Crippen molar-refractivity contribution in [3.05, 3.63) is 17.8 Å². The quantitative estimate of drug-likeness (QED) is 0.705. The summed E-state index contributed by atoms with van der Waals surface area (Å²) in [6, 6.07) is 0. The summed E-state index contributed by atoms with van der Waals surface area (Å²) in [7, 11) is 0. The van der Waals surface area contributed by atoms with Gasteiger partial charge in [-0.15, -0.1) is 0 Å². The van der Waals surface area contributed by atoms with E-state index in [1.165, 1.54) is 19.3 Å². The van der Waals surface area contributed by atoms with Crippen molar-refractivity contribution in [3.8, 4) is 0 Å². The molecule has 17 heavy (non-hydrogen) atoms. The van der Waals surface area contributed by atoms with Gasteiger partial charge in [-0.1, -0.05) is 13.8 Å². The van der Waals surface area contributed by atoms with Gasteiger partial charge < -0.3 is 9.73 Å². The largest absolute Gasteiger partial charge is 0.445 e. The molecule has 1 N–H and O–H groups in total. The second-order valence-electron chi connectivity index (χ2n) is 5.14. The van der Waals surface area contributed by atoms with E-state index in [1.54, 1.807) is 0 Å². The van der Waals surface area contributed by atoms with Crippen LogP contribution in [0.5, 0.6) is 0 Å². The Labute approximate surface area is 104 Å². The molecule has 1 aliphatic rings. The van der Waals surface area contributed by atoms with E-state index in [-0.39, 0.29) is 0 Å². The fourth-order valence-corrected chi connectivity index (χ4v) is 2.15. The van der Waals surface area contributed by atoms with Gasteiger partial charge in [0.25, 0.3) is 0 Å². The fraction of sp³-hybridized carbons (Fsp3) is 0.786. The van der Waals surface area contributed by atoms with Crippen molar-refractivity contribution in [2.45, 2.75) is 51.9 Å². The van der Waals surface area contributed by atoms with Crippen LogP contribution in [-0.2, 0) is 6.42 Å². The molecule has 0 aromatic carbocycles. The molecule has 3 heteroatoms. The monoisotopic (exact) mass is 236 g/mol. The number of hydrogen-bond acceptors (Lipinski definition) is 3. The maximum Gasteiger partial charge on any atom is 0.194 e. The molecule has 3 nitrogen and oxygen atoms in total. The fourth-order valence-electron chi connectivity index (χ4n) is 2.15. The number of nitrogens with zero attached hydrogens (tertiary/aromatic N) is 1. The average molecular weight is 236 g/mol. The molecule has 1 aliphatic carbocycles. The van der Waals surface area contributed by atoms with Crippen LogP contribution in [-0.4, -0.2) is 18.1 Å². The van der Waals surface area contributed by atoms with Gasteiger partial charge in [-0.05, 0) is 44.7 Å². The zero-order chi connectivity index (χ0) is 12.1. The third kappa shape index (κ3) is 3.84. The minimum Gasteiger partial charge on any atom is -0.445 e. The molecule has 1 aromatic rings. The van der Waals surface area contributed by atoms with Gasteiger partial charge in [-0.3, -0.25) is 0 Å². The van der Waals surface area contributed by atoms with E-state index < -0.39 is 0 Å². The van der Waals surface area contributed by atoms with Crippen molar-refractivity contribution in [3.63, 3.8) is 0 Å². The summed E-state index contributed by atoms with van der Waals surface area (Å²) in [5.41, 5.74) is 0. The molecule has 1 saturated carbocycles. The first-order valence-corrected chi connectivity index (χ1v) is 6.96. The van der Waals surface area contributed by atoms with Crippen molar-refractivity contribution in [1.29, 1.82) is 0 Å². The van der Waals surface area contributed by atoms with Gasteiger partial charge in [-0.25, -0.2) is 4.98 Å². The maximum absolute atomic E-state index is 5.81. The summed E-state index contributed by atoms with van der Waals surface area (Å²) in [6.07, 6.45) is 7.90. The Bertz CT molecular complexity index is 331. The number of hydrogen-bond donors (Lipinski definition) is 1. The van der Waals surface area contributed by atoms with Crippen LogP contribution in [0.25, 0.3) is 0 Å². The lowest BCUT2D eigenvalue weighted by atomic mass is 10.0. The minimum absolute atomic E-state index is 0.564. The Morgan fingerprint density at radius 2 is 2.29 bits per heavy atom. The number of aryl methyl sites for hydroxylation is 1. The average Bonchev–Trinajstić information content (AvgIpc) is 3.08. The van der Waals surface area contributed by atoms with Crippen LogP contribution >= 0.6 is 0 Å². The molecule has 0 bridgehead atoms. The molecule has 0 amide bonds. The Hall–Kier alpha value is -0.830. The second-order valence-corrected chi connectivity index (χ2v) is 5.14. The molecule has 1 fully saturated rings. The molecule has 2 rings (SSSR count). The number of nitrogens with one attached hydrogen (secondary N) is 1. The molecule has 1 unspecified atom stereocenters. The molecular weight excluding hydrogens is 212 g/mol. The highest BCUT2D eigenvalue weighted by Gasteiger charge is 2.31. The Morgan fingerprint density at radius 3 is 3.00 bits per heavy atom. The Kier molecular flexibility index (Phi) is 4.60. The zero-order valence-corrected chi connectivity index (χ0v) is 11.0. The van der Waals surface area contributed by atoms with Gasteiger partial charge in [0.1, 0.15) is 5.76 Å². The van der Waals surface area contributed by atoms with Gasteiger partial charge in [0.15, 0.2) is 5.89 Å². The van der Waals surface area contributed by atoms with Gasteiger partial charge in [0.2, 0.25) is 0 Å². The lowest BCUT2D eigenvalue weighted by Gasteiger charge is -2.04. The zero-order valence-electron chi connectivity index (χ0n) is 11.0. The molecule has 0 saturated heterocycles. The summed E-state index contributed by atoms with van der Waals surface area (Å²) in [4.78, 5) is 4.37. The van der Waals surface area contributed by atoms with E-state index in [0.717, 1.165) is 43.5 Å². The Morgan fingerprint density at radius 1 is 1.47 bits per heavy atom. The van der Waals surface area contributed by atoms with Gasteiger partial charge in [-0.2, -0.15) is 0 Å². The van der Waals surface area contributed by atoms with Crippen LogP contribution in [0.3, 0.4) is 0 Å².